The van der Waals surface area contributed by atoms with Gasteiger partial charge in [-0.3, -0.25) is 18.0 Å². The van der Waals surface area contributed by atoms with Crippen molar-refractivity contribution < 1.29 is 140 Å². The van der Waals surface area contributed by atoms with Gasteiger partial charge in [-0.1, -0.05) is 0 Å². The SMILES string of the molecule is O=C(C(F)(F)C(F)(F)C(F)(F)C(F)(F)C(F)(F)C(F)F)S(=O)(=O)OCCOS(=O)(=O)C(=O)C(F)(F)C(F)(F)C(F)(F)C(F)(F)C(F)(F)C(F)F. The minimum absolute atomic E-state index is 2.77. The number of rotatable bonds is 17. The van der Waals surface area contributed by atoms with E-state index in [9.17, 15) is 132 Å². The Labute approximate surface area is 256 Å². The molecule has 0 aliphatic carbocycles. The van der Waals surface area contributed by atoms with Gasteiger partial charge in [0.15, 0.2) is 0 Å². The Morgan fingerprint density at radius 2 is 0.600 bits per heavy atom. The van der Waals surface area contributed by atoms with Crippen molar-refractivity contribution in [3.63, 3.8) is 0 Å². The lowest BCUT2D eigenvalue weighted by Gasteiger charge is -2.38. The van der Waals surface area contributed by atoms with Gasteiger partial charge in [-0.25, -0.2) is 17.6 Å². The Bertz CT molecular complexity index is 1390. The van der Waals surface area contributed by atoms with Crippen molar-refractivity contribution in [1.29, 1.82) is 0 Å². The fraction of sp³-hybridized carbons (Fsp3) is 0.875. The highest BCUT2D eigenvalue weighted by Gasteiger charge is 2.91. The molecule has 0 bridgehead atoms. The topological polar surface area (TPSA) is 121 Å². The molecule has 0 rings (SSSR count). The molecule has 0 N–H and O–H groups in total. The molecule has 8 nitrogen and oxygen atoms in total. The quantitative estimate of drug-likeness (QED) is 0.105. The number of hydrogen-bond donors (Lipinski definition) is 0. The number of carbonyl (C=O) groups excluding carboxylic acids is 2. The van der Waals surface area contributed by atoms with Crippen LogP contribution in [0.2, 0.25) is 0 Å². The highest BCUT2D eigenvalue weighted by molar-refractivity contribution is 8.02. The molecule has 0 unspecified atom stereocenters. The average Bonchev–Trinajstić information content (AvgIpc) is 2.93. The molecule has 50 heavy (non-hydrogen) atoms. The molecule has 0 aromatic heterocycles. The van der Waals surface area contributed by atoms with Crippen molar-refractivity contribution in [1.82, 2.24) is 0 Å². The van der Waals surface area contributed by atoms with Gasteiger partial charge in [0.2, 0.25) is 0 Å². The first kappa shape index (κ1) is 47.5. The van der Waals surface area contributed by atoms with Crippen LogP contribution in [0, 0.1) is 0 Å². The van der Waals surface area contributed by atoms with E-state index in [4.69, 9.17) is 0 Å². The molecule has 298 valence electrons. The Morgan fingerprint density at radius 1 is 0.400 bits per heavy atom. The van der Waals surface area contributed by atoms with Crippen molar-refractivity contribution in [2.75, 3.05) is 13.2 Å². The van der Waals surface area contributed by atoms with Gasteiger partial charge < -0.3 is 0 Å². The van der Waals surface area contributed by atoms with Gasteiger partial charge in [0, 0.05) is 0 Å². The molecule has 0 aromatic carbocycles. The first-order valence-corrected chi connectivity index (χ1v) is 13.4. The fourth-order valence-corrected chi connectivity index (χ4v) is 4.12. The lowest BCUT2D eigenvalue weighted by molar-refractivity contribution is -0.406. The van der Waals surface area contributed by atoms with E-state index in [2.05, 4.69) is 8.37 Å². The maximum Gasteiger partial charge on any atom is 0.391 e. The second kappa shape index (κ2) is 13.2. The van der Waals surface area contributed by atoms with Gasteiger partial charge in [0.25, 0.3) is 0 Å². The summed E-state index contributed by atoms with van der Waals surface area (Å²) in [6.45, 7) is -5.54. The molecule has 0 radical (unpaired) electrons. The van der Waals surface area contributed by atoms with Crippen LogP contribution in [0.5, 0.6) is 0 Å². The second-order valence-electron chi connectivity index (χ2n) is 8.57. The van der Waals surface area contributed by atoms with Crippen LogP contribution < -0.4 is 0 Å². The number of halogens is 24. The minimum atomic E-state index is -8.50. The maximum absolute atomic E-state index is 13.7. The molecule has 0 atom stereocenters. The Morgan fingerprint density at radius 3 is 0.780 bits per heavy atom. The van der Waals surface area contributed by atoms with Gasteiger partial charge in [-0.15, -0.1) is 0 Å². The summed E-state index contributed by atoms with van der Waals surface area (Å²) in [4.78, 5) is 22.5. The third-order valence-corrected chi connectivity index (χ3v) is 7.65. The Hall–Kier alpha value is -2.52. The number of carbonyl (C=O) groups is 2. The molecule has 0 saturated carbocycles. The van der Waals surface area contributed by atoms with Crippen LogP contribution in [0.3, 0.4) is 0 Å². The van der Waals surface area contributed by atoms with Crippen molar-refractivity contribution in [3.05, 3.63) is 0 Å². The van der Waals surface area contributed by atoms with Gasteiger partial charge in [0.1, 0.15) is 0 Å². The number of hydrogen-bond acceptors (Lipinski definition) is 8. The molecule has 0 heterocycles. The Kier molecular flexibility index (Phi) is 12.5. The van der Waals surface area contributed by atoms with Crippen molar-refractivity contribution >= 4 is 30.5 Å². The smallest absolute Gasteiger partial charge is 0.272 e. The van der Waals surface area contributed by atoms with Crippen LogP contribution in [-0.2, 0) is 38.2 Å². The zero-order chi connectivity index (χ0) is 41.1. The van der Waals surface area contributed by atoms with Crippen LogP contribution in [0.25, 0.3) is 0 Å². The molecule has 0 spiro atoms. The molecule has 34 heteroatoms. The molecule has 0 saturated heterocycles. The Balaban J connectivity index is 6.21. The van der Waals surface area contributed by atoms with Crippen molar-refractivity contribution in [2.45, 2.75) is 72.1 Å². The van der Waals surface area contributed by atoms with E-state index in [1.807, 2.05) is 0 Å². The highest BCUT2D eigenvalue weighted by atomic mass is 32.2. The summed E-state index contributed by atoms with van der Waals surface area (Å²) in [5, 5.41) is -9.83. The molecule has 0 aliphatic rings. The van der Waals surface area contributed by atoms with E-state index in [-0.39, 0.29) is 0 Å². The van der Waals surface area contributed by atoms with E-state index >= 15 is 0 Å². The molecule has 0 amide bonds. The van der Waals surface area contributed by atoms with E-state index in [0.29, 0.717) is 0 Å². The zero-order valence-electron chi connectivity index (χ0n) is 21.7. The average molecular weight is 846 g/mol. The third-order valence-electron chi connectivity index (χ3n) is 5.28. The summed E-state index contributed by atoms with van der Waals surface area (Å²) in [6, 6.07) is 0. The predicted molar refractivity (Wildman–Crippen MR) is 101 cm³/mol. The van der Waals surface area contributed by atoms with E-state index in [1.54, 1.807) is 0 Å². The lowest BCUT2D eigenvalue weighted by atomic mass is 9.95. The zero-order valence-corrected chi connectivity index (χ0v) is 23.4. The standard InChI is InChI=1S/C16H6F24O8S2/c17-3(18)7(21,22)11(29,30)15(37,38)13(33,34)9(25,26)5(41)49(43,44)47-1-2-48-50(45,46)6(42)10(27,28)14(35,36)16(39,40)12(31,32)8(23,24)4(19)20/h3-4H,1-2H2. The van der Waals surface area contributed by atoms with E-state index < -0.39 is 116 Å². The molecule has 0 aliphatic heterocycles. The summed E-state index contributed by atoms with van der Waals surface area (Å²) in [7, 11) is -15.1. The summed E-state index contributed by atoms with van der Waals surface area (Å²) < 4.78 is 366. The molecular formula is C16H6F24O8S2. The maximum atomic E-state index is 13.7. The number of alkyl halides is 24. The largest absolute Gasteiger partial charge is 0.391 e. The van der Waals surface area contributed by atoms with Gasteiger partial charge >= 0.3 is 103 Å². The van der Waals surface area contributed by atoms with Crippen molar-refractivity contribution in [2.24, 2.45) is 0 Å². The molecule has 0 aromatic rings. The first-order valence-electron chi connectivity index (χ1n) is 10.6. The van der Waals surface area contributed by atoms with E-state index in [0.717, 1.165) is 0 Å². The van der Waals surface area contributed by atoms with Gasteiger partial charge in [0.05, 0.1) is 13.2 Å². The van der Waals surface area contributed by atoms with Crippen molar-refractivity contribution in [3.8, 4) is 0 Å². The van der Waals surface area contributed by atoms with Gasteiger partial charge in [-0.05, 0) is 0 Å². The second-order valence-corrected chi connectivity index (χ2v) is 11.6. The first-order chi connectivity index (χ1) is 21.4. The lowest BCUT2D eigenvalue weighted by Crippen LogP contribution is -2.70. The minimum Gasteiger partial charge on any atom is -0.272 e. The van der Waals surface area contributed by atoms with Crippen LogP contribution in [0.1, 0.15) is 0 Å². The summed E-state index contributed by atoms with van der Waals surface area (Å²) in [6.07, 6.45) is -12.1. The summed E-state index contributed by atoms with van der Waals surface area (Å²) in [5.74, 6) is -81.6. The normalized spacial score (nSPS) is 16.0. The summed E-state index contributed by atoms with van der Waals surface area (Å²) in [5.41, 5.74) is 0. The van der Waals surface area contributed by atoms with Crippen LogP contribution >= 0.6 is 0 Å². The summed E-state index contributed by atoms with van der Waals surface area (Å²) >= 11 is 0. The van der Waals surface area contributed by atoms with Crippen LogP contribution in [0.15, 0.2) is 0 Å². The van der Waals surface area contributed by atoms with Crippen LogP contribution in [0.4, 0.5) is 105 Å². The van der Waals surface area contributed by atoms with E-state index in [1.165, 1.54) is 0 Å². The van der Waals surface area contributed by atoms with Gasteiger partial charge in [-0.2, -0.15) is 105 Å². The predicted octanol–water partition coefficient (Wildman–Crippen LogP) is 5.62. The third kappa shape index (κ3) is 6.87. The highest BCUT2D eigenvalue weighted by Crippen LogP contribution is 2.60. The monoisotopic (exact) mass is 846 g/mol. The fourth-order valence-electron chi connectivity index (χ4n) is 2.45. The molecular weight excluding hydrogens is 840 g/mol. The molecule has 0 fully saturated rings. The van der Waals surface area contributed by atoms with Crippen LogP contribution in [-0.4, -0.2) is 112 Å².